The molecule has 1 aromatic heterocycles. The van der Waals surface area contributed by atoms with E-state index >= 15 is 0 Å². The molecule has 34 heavy (non-hydrogen) atoms. The molecule has 0 bridgehead atoms. The van der Waals surface area contributed by atoms with Crippen LogP contribution < -0.4 is 0 Å². The number of piperazine rings is 1. The van der Waals surface area contributed by atoms with Crippen LogP contribution in [-0.4, -0.2) is 97.2 Å². The van der Waals surface area contributed by atoms with E-state index in [-0.39, 0.29) is 22.6 Å². The van der Waals surface area contributed by atoms with Crippen LogP contribution in [0.5, 0.6) is 0 Å². The summed E-state index contributed by atoms with van der Waals surface area (Å²) < 4.78 is 37.9. The molecule has 11 heteroatoms. The molecule has 1 amide bonds. The summed E-state index contributed by atoms with van der Waals surface area (Å²) in [5, 5.41) is 7.98. The normalized spacial score (nSPS) is 21.6. The third-order valence-corrected chi connectivity index (χ3v) is 8.92. The van der Waals surface area contributed by atoms with E-state index in [2.05, 4.69) is 15.1 Å². The standard InChI is InChI=1S/C23H31N5O5S/c29-23(27-12-10-26(11-13-27)19-4-2-1-3-5-19)22-25-24-21(33-22)18-6-8-20(9-7-18)34(30,31)28-14-16-32-17-15-28/h6-9,19H,1-5,10-17H2. The number of ether oxygens (including phenoxy) is 1. The van der Waals surface area contributed by atoms with Gasteiger partial charge < -0.3 is 14.1 Å². The Kier molecular flexibility index (Phi) is 6.96. The lowest BCUT2D eigenvalue weighted by Crippen LogP contribution is -2.52. The molecular weight excluding hydrogens is 458 g/mol. The first-order chi connectivity index (χ1) is 16.5. The fourth-order valence-corrected chi connectivity index (χ4v) is 6.41. The van der Waals surface area contributed by atoms with Crippen LogP contribution in [-0.2, 0) is 14.8 Å². The molecule has 10 nitrogen and oxygen atoms in total. The second kappa shape index (κ2) is 10.1. The number of amides is 1. The van der Waals surface area contributed by atoms with Gasteiger partial charge in [0.15, 0.2) is 0 Å². The summed E-state index contributed by atoms with van der Waals surface area (Å²) in [5.74, 6) is -0.0980. The van der Waals surface area contributed by atoms with Crippen LogP contribution in [0, 0.1) is 0 Å². The number of sulfonamides is 1. The molecule has 3 heterocycles. The number of carbonyl (C=O) groups is 1. The first kappa shape index (κ1) is 23.4. The highest BCUT2D eigenvalue weighted by molar-refractivity contribution is 7.89. The minimum Gasteiger partial charge on any atom is -0.412 e. The minimum absolute atomic E-state index is 0.0360. The van der Waals surface area contributed by atoms with Gasteiger partial charge in [-0.3, -0.25) is 9.69 Å². The molecule has 184 valence electrons. The Bertz CT molecular complexity index is 1080. The molecule has 1 aromatic carbocycles. The zero-order valence-corrected chi connectivity index (χ0v) is 20.1. The molecule has 2 aromatic rings. The number of morpholine rings is 1. The van der Waals surface area contributed by atoms with Gasteiger partial charge in [0.1, 0.15) is 0 Å². The van der Waals surface area contributed by atoms with Crippen molar-refractivity contribution in [2.45, 2.75) is 43.0 Å². The van der Waals surface area contributed by atoms with Gasteiger partial charge in [0.25, 0.3) is 0 Å². The number of aromatic nitrogens is 2. The second-order valence-corrected chi connectivity index (χ2v) is 11.0. The fraction of sp³-hybridized carbons (Fsp3) is 0.609. The second-order valence-electron chi connectivity index (χ2n) is 9.07. The Morgan fingerprint density at radius 3 is 2.24 bits per heavy atom. The van der Waals surface area contributed by atoms with E-state index in [0.29, 0.717) is 51.0 Å². The van der Waals surface area contributed by atoms with Crippen molar-refractivity contribution in [3.63, 3.8) is 0 Å². The van der Waals surface area contributed by atoms with Gasteiger partial charge >= 0.3 is 11.8 Å². The van der Waals surface area contributed by atoms with Crippen LogP contribution in [0.3, 0.4) is 0 Å². The van der Waals surface area contributed by atoms with Crippen molar-refractivity contribution in [3.05, 3.63) is 30.2 Å². The van der Waals surface area contributed by atoms with Gasteiger partial charge in [0.2, 0.25) is 15.9 Å². The van der Waals surface area contributed by atoms with E-state index in [1.165, 1.54) is 48.5 Å². The smallest absolute Gasteiger partial charge is 0.311 e. The van der Waals surface area contributed by atoms with E-state index in [9.17, 15) is 13.2 Å². The predicted octanol–water partition coefficient (Wildman–Crippen LogP) is 1.85. The lowest BCUT2D eigenvalue weighted by Gasteiger charge is -2.40. The summed E-state index contributed by atoms with van der Waals surface area (Å²) in [5.41, 5.74) is 0.564. The van der Waals surface area contributed by atoms with E-state index < -0.39 is 10.0 Å². The number of rotatable bonds is 5. The monoisotopic (exact) mass is 489 g/mol. The lowest BCUT2D eigenvalue weighted by molar-refractivity contribution is 0.0491. The summed E-state index contributed by atoms with van der Waals surface area (Å²) in [6, 6.07) is 6.94. The highest BCUT2D eigenvalue weighted by Gasteiger charge is 2.30. The Morgan fingerprint density at radius 2 is 1.56 bits per heavy atom. The van der Waals surface area contributed by atoms with Crippen LogP contribution in [0.1, 0.15) is 42.8 Å². The van der Waals surface area contributed by atoms with Crippen molar-refractivity contribution >= 4 is 15.9 Å². The average Bonchev–Trinajstić information content (AvgIpc) is 3.40. The van der Waals surface area contributed by atoms with E-state index in [1.807, 2.05) is 0 Å². The third kappa shape index (κ3) is 4.88. The summed E-state index contributed by atoms with van der Waals surface area (Å²) >= 11 is 0. The molecular formula is C23H31N5O5S. The van der Waals surface area contributed by atoms with Crippen molar-refractivity contribution in [1.82, 2.24) is 24.3 Å². The van der Waals surface area contributed by atoms with E-state index in [4.69, 9.17) is 9.15 Å². The van der Waals surface area contributed by atoms with Gasteiger partial charge in [-0.1, -0.05) is 19.3 Å². The number of nitrogens with zero attached hydrogens (tertiary/aromatic N) is 5. The van der Waals surface area contributed by atoms with Crippen LogP contribution in [0.15, 0.2) is 33.6 Å². The van der Waals surface area contributed by atoms with Gasteiger partial charge in [-0.05, 0) is 37.1 Å². The first-order valence-electron chi connectivity index (χ1n) is 12.1. The quantitative estimate of drug-likeness (QED) is 0.626. The fourth-order valence-electron chi connectivity index (χ4n) is 5.00. The summed E-state index contributed by atoms with van der Waals surface area (Å²) in [4.78, 5) is 17.4. The highest BCUT2D eigenvalue weighted by atomic mass is 32.2. The van der Waals surface area contributed by atoms with Crippen LogP contribution in [0.2, 0.25) is 0 Å². The first-order valence-corrected chi connectivity index (χ1v) is 13.5. The molecule has 0 spiro atoms. The molecule has 0 radical (unpaired) electrons. The Morgan fingerprint density at radius 1 is 0.882 bits per heavy atom. The molecule has 2 aliphatic heterocycles. The zero-order chi connectivity index (χ0) is 23.5. The maximum Gasteiger partial charge on any atom is 0.311 e. The highest BCUT2D eigenvalue weighted by Crippen LogP contribution is 2.25. The lowest BCUT2D eigenvalue weighted by atomic mass is 9.94. The topological polar surface area (TPSA) is 109 Å². The van der Waals surface area contributed by atoms with Crippen molar-refractivity contribution in [3.8, 4) is 11.5 Å². The van der Waals surface area contributed by atoms with E-state index in [1.54, 1.807) is 17.0 Å². The largest absolute Gasteiger partial charge is 0.412 e. The number of carbonyl (C=O) groups excluding carboxylic acids is 1. The van der Waals surface area contributed by atoms with Gasteiger partial charge in [-0.2, -0.15) is 4.31 Å². The maximum atomic E-state index is 12.9. The molecule has 3 aliphatic rings. The third-order valence-electron chi connectivity index (χ3n) is 7.01. The van der Waals surface area contributed by atoms with Crippen LogP contribution in [0.25, 0.3) is 11.5 Å². The van der Waals surface area contributed by atoms with Crippen molar-refractivity contribution in [2.24, 2.45) is 0 Å². The predicted molar refractivity (Wildman–Crippen MR) is 124 cm³/mol. The summed E-state index contributed by atoms with van der Waals surface area (Å²) in [6.07, 6.45) is 6.45. The van der Waals surface area contributed by atoms with Crippen molar-refractivity contribution < 1.29 is 22.4 Å². The minimum atomic E-state index is -3.57. The molecule has 3 fully saturated rings. The average molecular weight is 490 g/mol. The number of hydrogen-bond donors (Lipinski definition) is 0. The van der Waals surface area contributed by atoms with Gasteiger partial charge in [0.05, 0.1) is 18.1 Å². The van der Waals surface area contributed by atoms with Crippen molar-refractivity contribution in [1.29, 1.82) is 0 Å². The Hall–Kier alpha value is -2.34. The van der Waals surface area contributed by atoms with Crippen LogP contribution in [0.4, 0.5) is 0 Å². The Labute approximate surface area is 199 Å². The molecule has 0 atom stereocenters. The van der Waals surface area contributed by atoms with E-state index in [0.717, 1.165) is 13.1 Å². The molecule has 0 N–H and O–H groups in total. The van der Waals surface area contributed by atoms with Gasteiger partial charge in [-0.25, -0.2) is 8.42 Å². The molecule has 5 rings (SSSR count). The molecule has 1 aliphatic carbocycles. The van der Waals surface area contributed by atoms with Crippen molar-refractivity contribution in [2.75, 3.05) is 52.5 Å². The number of hydrogen-bond acceptors (Lipinski definition) is 8. The maximum absolute atomic E-state index is 12.9. The molecule has 2 saturated heterocycles. The van der Waals surface area contributed by atoms with Gasteiger partial charge in [-0.15, -0.1) is 10.2 Å². The SMILES string of the molecule is O=C(c1nnc(-c2ccc(S(=O)(=O)N3CCOCC3)cc2)o1)N1CCN(C2CCCCC2)CC1. The Balaban J connectivity index is 1.21. The zero-order valence-electron chi connectivity index (χ0n) is 19.3. The van der Waals surface area contributed by atoms with Crippen LogP contribution >= 0.6 is 0 Å². The molecule has 0 unspecified atom stereocenters. The molecule has 1 saturated carbocycles. The summed E-state index contributed by atoms with van der Waals surface area (Å²) in [6.45, 7) is 4.52. The summed E-state index contributed by atoms with van der Waals surface area (Å²) in [7, 11) is -3.57. The number of benzene rings is 1. The van der Waals surface area contributed by atoms with Gasteiger partial charge in [0, 0.05) is 50.9 Å².